The number of thioether (sulfide) groups is 1. The molecule has 2 heterocycles. The Kier molecular flexibility index (Phi) is 4.04. The van der Waals surface area contributed by atoms with Crippen LogP contribution >= 0.6 is 11.8 Å². The van der Waals surface area contributed by atoms with Crippen molar-refractivity contribution in [2.24, 2.45) is 14.1 Å². The Bertz CT molecular complexity index is 777. The van der Waals surface area contributed by atoms with Crippen LogP contribution in [0.25, 0.3) is 11.0 Å². The summed E-state index contributed by atoms with van der Waals surface area (Å²) in [6.45, 7) is 6.19. The molecule has 2 aromatic heterocycles. The normalized spacial score (nSPS) is 12.8. The van der Waals surface area contributed by atoms with E-state index in [2.05, 4.69) is 18.8 Å². The first kappa shape index (κ1) is 14.8. The summed E-state index contributed by atoms with van der Waals surface area (Å²) >= 11 is 1.67. The Labute approximate surface area is 121 Å². The number of nitrogens with zero attached hydrogens (tertiary/aromatic N) is 3. The lowest BCUT2D eigenvalue weighted by Gasteiger charge is -2.14. The predicted octanol–water partition coefficient (Wildman–Crippen LogP) is 1.83. The van der Waals surface area contributed by atoms with E-state index in [1.807, 2.05) is 6.92 Å². The van der Waals surface area contributed by atoms with Gasteiger partial charge in [-0.3, -0.25) is 13.9 Å². The highest BCUT2D eigenvalue weighted by molar-refractivity contribution is 8.00. The Morgan fingerprint density at radius 1 is 1.30 bits per heavy atom. The molecular formula is C14H19N3O2S. The van der Waals surface area contributed by atoms with Gasteiger partial charge >= 0.3 is 5.69 Å². The Morgan fingerprint density at radius 2 is 1.95 bits per heavy atom. The molecule has 0 unspecified atom stereocenters. The summed E-state index contributed by atoms with van der Waals surface area (Å²) in [6, 6.07) is 0. The van der Waals surface area contributed by atoms with Gasteiger partial charge in [-0.05, 0) is 18.9 Å². The number of pyridine rings is 1. The molecule has 0 aliphatic rings. The molecule has 5 nitrogen and oxygen atoms in total. The van der Waals surface area contributed by atoms with Gasteiger partial charge in [0, 0.05) is 30.4 Å². The van der Waals surface area contributed by atoms with Crippen LogP contribution < -0.4 is 11.2 Å². The summed E-state index contributed by atoms with van der Waals surface area (Å²) in [5, 5.41) is 0.946. The molecule has 0 radical (unpaired) electrons. The van der Waals surface area contributed by atoms with E-state index in [1.54, 1.807) is 25.0 Å². The number of rotatable bonds is 3. The average molecular weight is 293 g/mol. The summed E-state index contributed by atoms with van der Waals surface area (Å²) in [5.74, 6) is 0. The van der Waals surface area contributed by atoms with E-state index in [-0.39, 0.29) is 11.2 Å². The summed E-state index contributed by atoms with van der Waals surface area (Å²) in [7, 11) is 3.15. The number of aromatic nitrogens is 3. The van der Waals surface area contributed by atoms with Gasteiger partial charge in [0.2, 0.25) is 0 Å². The van der Waals surface area contributed by atoms with Gasteiger partial charge in [-0.25, -0.2) is 9.78 Å². The van der Waals surface area contributed by atoms with Crippen molar-refractivity contribution < 1.29 is 0 Å². The second-order valence-electron chi connectivity index (χ2n) is 5.01. The summed E-state index contributed by atoms with van der Waals surface area (Å²) in [6.07, 6.45) is 2.74. The molecule has 20 heavy (non-hydrogen) atoms. The third-order valence-corrected chi connectivity index (χ3v) is 4.99. The van der Waals surface area contributed by atoms with Crippen molar-refractivity contribution in [1.29, 1.82) is 0 Å². The zero-order valence-electron chi connectivity index (χ0n) is 12.4. The molecule has 108 valence electrons. The first-order chi connectivity index (χ1) is 9.38. The predicted molar refractivity (Wildman–Crippen MR) is 82.6 cm³/mol. The van der Waals surface area contributed by atoms with E-state index in [9.17, 15) is 9.59 Å². The average Bonchev–Trinajstić information content (AvgIpc) is 2.44. The van der Waals surface area contributed by atoms with Crippen molar-refractivity contribution in [1.82, 2.24) is 14.1 Å². The van der Waals surface area contributed by atoms with Crippen LogP contribution in [0, 0.1) is 6.92 Å². The first-order valence-electron chi connectivity index (χ1n) is 6.60. The van der Waals surface area contributed by atoms with Crippen LogP contribution in [0.3, 0.4) is 0 Å². The van der Waals surface area contributed by atoms with Crippen LogP contribution in [0.5, 0.6) is 0 Å². The molecule has 1 atom stereocenters. The topological polar surface area (TPSA) is 56.9 Å². The van der Waals surface area contributed by atoms with E-state index >= 15 is 0 Å². The SMILES string of the molecule is CC[C@@H](C)Sc1c(C)cnc2c1c(=O)n(C)c(=O)n2C. The van der Waals surface area contributed by atoms with Gasteiger partial charge < -0.3 is 0 Å². The van der Waals surface area contributed by atoms with Crippen LogP contribution in [-0.4, -0.2) is 19.4 Å². The van der Waals surface area contributed by atoms with Crippen LogP contribution in [0.1, 0.15) is 25.8 Å². The van der Waals surface area contributed by atoms with E-state index < -0.39 is 0 Å². The lowest BCUT2D eigenvalue weighted by molar-refractivity contribution is 0.705. The fourth-order valence-corrected chi connectivity index (χ4v) is 3.14. The summed E-state index contributed by atoms with van der Waals surface area (Å²) < 4.78 is 2.57. The lowest BCUT2D eigenvalue weighted by Crippen LogP contribution is -2.37. The second-order valence-corrected chi connectivity index (χ2v) is 6.46. The molecule has 2 rings (SSSR count). The zero-order chi connectivity index (χ0) is 15.0. The molecule has 0 saturated carbocycles. The highest BCUT2D eigenvalue weighted by atomic mass is 32.2. The van der Waals surface area contributed by atoms with E-state index in [1.165, 1.54) is 11.6 Å². The minimum atomic E-state index is -0.349. The molecule has 0 aromatic carbocycles. The van der Waals surface area contributed by atoms with Crippen molar-refractivity contribution in [3.8, 4) is 0 Å². The van der Waals surface area contributed by atoms with Gasteiger partial charge in [-0.2, -0.15) is 0 Å². The molecule has 0 spiro atoms. The van der Waals surface area contributed by atoms with E-state index in [0.29, 0.717) is 16.3 Å². The molecule has 0 aliphatic carbocycles. The Morgan fingerprint density at radius 3 is 2.55 bits per heavy atom. The van der Waals surface area contributed by atoms with Gasteiger partial charge in [-0.15, -0.1) is 11.8 Å². The lowest BCUT2D eigenvalue weighted by atomic mass is 10.2. The van der Waals surface area contributed by atoms with Crippen LogP contribution in [0.4, 0.5) is 0 Å². The maximum Gasteiger partial charge on any atom is 0.332 e. The first-order valence-corrected chi connectivity index (χ1v) is 7.48. The Hall–Kier alpha value is -1.56. The number of fused-ring (bicyclic) bond motifs is 1. The third-order valence-electron chi connectivity index (χ3n) is 3.49. The van der Waals surface area contributed by atoms with E-state index in [0.717, 1.165) is 21.4 Å². The van der Waals surface area contributed by atoms with Crippen LogP contribution in [0.15, 0.2) is 20.7 Å². The minimum absolute atomic E-state index is 0.273. The second kappa shape index (κ2) is 5.44. The highest BCUT2D eigenvalue weighted by Crippen LogP contribution is 2.31. The Balaban J connectivity index is 2.91. The smallest absolute Gasteiger partial charge is 0.280 e. The number of aryl methyl sites for hydroxylation is 2. The maximum atomic E-state index is 12.4. The van der Waals surface area contributed by atoms with Gasteiger partial charge in [0.15, 0.2) is 0 Å². The molecule has 2 aromatic rings. The largest absolute Gasteiger partial charge is 0.332 e. The quantitative estimate of drug-likeness (QED) is 0.810. The van der Waals surface area contributed by atoms with Crippen molar-refractivity contribution in [2.45, 2.75) is 37.3 Å². The van der Waals surface area contributed by atoms with Gasteiger partial charge in [0.1, 0.15) is 5.65 Å². The van der Waals surface area contributed by atoms with Crippen LogP contribution in [-0.2, 0) is 14.1 Å². The minimum Gasteiger partial charge on any atom is -0.280 e. The van der Waals surface area contributed by atoms with Crippen molar-refractivity contribution in [3.63, 3.8) is 0 Å². The molecule has 6 heteroatoms. The fraction of sp³-hybridized carbons (Fsp3) is 0.500. The fourth-order valence-electron chi connectivity index (χ4n) is 2.03. The zero-order valence-corrected chi connectivity index (χ0v) is 13.2. The molecule has 0 amide bonds. The van der Waals surface area contributed by atoms with Gasteiger partial charge in [0.05, 0.1) is 5.39 Å². The molecule has 0 saturated heterocycles. The molecule has 0 bridgehead atoms. The molecule has 0 fully saturated rings. The molecule has 0 aliphatic heterocycles. The van der Waals surface area contributed by atoms with Crippen LogP contribution in [0.2, 0.25) is 0 Å². The summed E-state index contributed by atoms with van der Waals surface area (Å²) in [4.78, 5) is 29.6. The maximum absolute atomic E-state index is 12.4. The van der Waals surface area contributed by atoms with Crippen molar-refractivity contribution in [3.05, 3.63) is 32.6 Å². The highest BCUT2D eigenvalue weighted by Gasteiger charge is 2.17. The third kappa shape index (κ3) is 2.28. The molecular weight excluding hydrogens is 274 g/mol. The van der Waals surface area contributed by atoms with Gasteiger partial charge in [0.25, 0.3) is 5.56 Å². The monoisotopic (exact) mass is 293 g/mol. The number of hydrogen-bond acceptors (Lipinski definition) is 4. The standard InChI is InChI=1S/C14H19N3O2S/c1-6-9(3)20-11-8(2)7-15-12-10(11)13(18)17(5)14(19)16(12)4/h7,9H,6H2,1-5H3/t9-/m1/s1. The van der Waals surface area contributed by atoms with Crippen molar-refractivity contribution >= 4 is 22.8 Å². The van der Waals surface area contributed by atoms with Gasteiger partial charge in [-0.1, -0.05) is 13.8 Å². The molecule has 0 N–H and O–H groups in total. The summed E-state index contributed by atoms with van der Waals surface area (Å²) in [5.41, 5.74) is 0.802. The number of hydrogen-bond donors (Lipinski definition) is 0. The van der Waals surface area contributed by atoms with Crippen molar-refractivity contribution in [2.75, 3.05) is 0 Å². The van der Waals surface area contributed by atoms with E-state index in [4.69, 9.17) is 0 Å².